The van der Waals surface area contributed by atoms with Gasteiger partial charge in [-0.3, -0.25) is 10.7 Å². The summed E-state index contributed by atoms with van der Waals surface area (Å²) in [5, 5.41) is 4.82. The molecule has 0 radical (unpaired) electrons. The number of ether oxygens (including phenoxy) is 1. The molecule has 9 heteroatoms. The zero-order valence-corrected chi connectivity index (χ0v) is 18.8. The first-order valence-corrected chi connectivity index (χ1v) is 11.1. The lowest BCUT2D eigenvalue weighted by atomic mass is 9.99. The highest BCUT2D eigenvalue weighted by molar-refractivity contribution is 5.88. The topological polar surface area (TPSA) is 128 Å². The number of hydrogen-bond acceptors (Lipinski definition) is 6. The number of aromatic nitrogens is 5. The van der Waals surface area contributed by atoms with Crippen LogP contribution in [0.3, 0.4) is 0 Å². The Morgan fingerprint density at radius 1 is 1.18 bits per heavy atom. The first kappa shape index (κ1) is 21.3. The molecule has 4 aromatic rings. The fraction of sp³-hybridized carbons (Fsp3) is 0.333. The molecule has 1 aliphatic heterocycles. The molecule has 33 heavy (non-hydrogen) atoms. The molecule has 0 spiro atoms. The number of fused-ring (bicyclic) bond motifs is 1. The number of nitrogens with two attached hydrogens (primary N) is 2. The highest BCUT2D eigenvalue weighted by atomic mass is 16.5. The van der Waals surface area contributed by atoms with Crippen molar-refractivity contribution in [1.29, 1.82) is 0 Å². The van der Waals surface area contributed by atoms with Gasteiger partial charge in [-0.1, -0.05) is 30.3 Å². The summed E-state index contributed by atoms with van der Waals surface area (Å²) in [7, 11) is 0. The Kier molecular flexibility index (Phi) is 5.43. The molecule has 9 nitrogen and oxygen atoms in total. The van der Waals surface area contributed by atoms with Gasteiger partial charge >= 0.3 is 11.6 Å². The molecule has 2 atom stereocenters. The molecule has 0 bridgehead atoms. The number of hydrogen-bond donors (Lipinski definition) is 2. The molecule has 1 aliphatic rings. The lowest BCUT2D eigenvalue weighted by Crippen LogP contribution is -2.36. The molecule has 5 rings (SSSR count). The zero-order valence-electron chi connectivity index (χ0n) is 18.8. The third-order valence-corrected chi connectivity index (χ3v) is 6.27. The molecular weight excluding hydrogens is 418 g/mol. The van der Waals surface area contributed by atoms with Crippen LogP contribution in [-0.2, 0) is 4.74 Å². The zero-order chi connectivity index (χ0) is 23.1. The van der Waals surface area contributed by atoms with Crippen LogP contribution in [0.4, 0.5) is 5.95 Å². The van der Waals surface area contributed by atoms with E-state index < -0.39 is 0 Å². The van der Waals surface area contributed by atoms with E-state index in [2.05, 4.69) is 9.97 Å². The number of anilines is 1. The summed E-state index contributed by atoms with van der Waals surface area (Å²) in [6.45, 7) is 5.42. The monoisotopic (exact) mass is 446 g/mol. The predicted octanol–water partition coefficient (Wildman–Crippen LogP) is 1.77. The van der Waals surface area contributed by atoms with E-state index in [0.29, 0.717) is 18.9 Å². The molecule has 0 saturated carbocycles. The van der Waals surface area contributed by atoms with Crippen molar-refractivity contribution in [3.63, 3.8) is 0 Å². The number of pyridine rings is 1. The number of nitrogens with zero attached hydrogens (tertiary/aromatic N) is 4. The fourth-order valence-electron chi connectivity index (χ4n) is 4.76. The number of aryl methyl sites for hydroxylation is 2. The van der Waals surface area contributed by atoms with E-state index in [-0.39, 0.29) is 30.1 Å². The lowest BCUT2D eigenvalue weighted by Gasteiger charge is -2.18. The first-order valence-electron chi connectivity index (χ1n) is 11.1. The minimum Gasteiger partial charge on any atom is -0.381 e. The molecule has 1 aromatic carbocycles. The second kappa shape index (κ2) is 8.42. The van der Waals surface area contributed by atoms with Crippen LogP contribution in [0.5, 0.6) is 0 Å². The van der Waals surface area contributed by atoms with Crippen molar-refractivity contribution in [3.8, 4) is 22.4 Å². The van der Waals surface area contributed by atoms with Crippen LogP contribution in [0.1, 0.15) is 23.9 Å². The van der Waals surface area contributed by atoms with Gasteiger partial charge in [0.05, 0.1) is 18.2 Å². The summed E-state index contributed by atoms with van der Waals surface area (Å²) in [5.74, 6) is 0.343. The average Bonchev–Trinajstić information content (AvgIpc) is 3.43. The fourth-order valence-corrected chi connectivity index (χ4v) is 4.76. The van der Waals surface area contributed by atoms with Crippen LogP contribution in [0.25, 0.3) is 28.0 Å². The Hall–Kier alpha value is -3.56. The van der Waals surface area contributed by atoms with Gasteiger partial charge in [-0.25, -0.2) is 9.78 Å². The Morgan fingerprint density at radius 2 is 1.91 bits per heavy atom. The minimum atomic E-state index is -0.315. The molecule has 0 amide bonds. The van der Waals surface area contributed by atoms with Crippen LogP contribution in [0, 0.1) is 19.8 Å². The van der Waals surface area contributed by atoms with E-state index in [9.17, 15) is 4.79 Å². The van der Waals surface area contributed by atoms with Gasteiger partial charge in [0, 0.05) is 36.0 Å². The van der Waals surface area contributed by atoms with Gasteiger partial charge in [0.1, 0.15) is 5.69 Å². The number of nitrogens with one attached hydrogen (secondary N) is 1. The average molecular weight is 447 g/mol. The van der Waals surface area contributed by atoms with E-state index in [4.69, 9.17) is 21.3 Å². The second-order valence-electron chi connectivity index (χ2n) is 8.58. The van der Waals surface area contributed by atoms with Crippen molar-refractivity contribution in [2.45, 2.75) is 26.3 Å². The van der Waals surface area contributed by atoms with Crippen molar-refractivity contribution >= 4 is 11.6 Å². The SMILES string of the molecule is Cc1cc(-c2c(-c3ccccc3)[nH+]c(N)n3c(=O)n(C(CN)C4CCOC4)nc23)cc(C)n1. The Morgan fingerprint density at radius 3 is 2.55 bits per heavy atom. The van der Waals surface area contributed by atoms with Crippen LogP contribution in [-0.4, -0.2) is 38.9 Å². The molecule has 5 N–H and O–H groups in total. The maximum Gasteiger partial charge on any atom is 0.411 e. The molecule has 3 aromatic heterocycles. The largest absolute Gasteiger partial charge is 0.411 e. The number of benzene rings is 1. The maximum atomic E-state index is 13.5. The number of rotatable bonds is 5. The van der Waals surface area contributed by atoms with Crippen LogP contribution < -0.4 is 22.1 Å². The van der Waals surface area contributed by atoms with Crippen molar-refractivity contribution in [3.05, 3.63) is 64.3 Å². The van der Waals surface area contributed by atoms with E-state index in [1.165, 1.54) is 9.08 Å². The predicted molar refractivity (Wildman–Crippen MR) is 126 cm³/mol. The van der Waals surface area contributed by atoms with Crippen LogP contribution in [0.15, 0.2) is 47.3 Å². The van der Waals surface area contributed by atoms with Gasteiger partial charge < -0.3 is 10.5 Å². The van der Waals surface area contributed by atoms with Gasteiger partial charge in [0.2, 0.25) is 5.65 Å². The van der Waals surface area contributed by atoms with Crippen LogP contribution in [0.2, 0.25) is 0 Å². The Balaban J connectivity index is 1.84. The molecule has 0 aliphatic carbocycles. The summed E-state index contributed by atoms with van der Waals surface area (Å²) in [6, 6.07) is 13.6. The Bertz CT molecular complexity index is 1350. The van der Waals surface area contributed by atoms with E-state index in [0.717, 1.165) is 40.2 Å². The van der Waals surface area contributed by atoms with Gasteiger partial charge in [0.25, 0.3) is 0 Å². The van der Waals surface area contributed by atoms with Gasteiger partial charge in [-0.05, 0) is 38.0 Å². The standard InChI is InChI=1S/C24H27N7O2/c1-14-10-18(11-15(2)27-14)20-21(16-6-4-3-5-7-16)28-23(26)30-22(20)29-31(24(30)32)19(12-25)17-8-9-33-13-17/h3-7,10-11,17,19H,8-9,12-13,25H2,1-2H3,(H2,26,28)/p+1. The van der Waals surface area contributed by atoms with E-state index >= 15 is 0 Å². The maximum absolute atomic E-state index is 13.5. The number of H-pyrrole nitrogens is 1. The van der Waals surface area contributed by atoms with E-state index in [1.54, 1.807) is 0 Å². The smallest absolute Gasteiger partial charge is 0.381 e. The third-order valence-electron chi connectivity index (χ3n) is 6.27. The third kappa shape index (κ3) is 3.69. The molecule has 1 fully saturated rings. The first-order chi connectivity index (χ1) is 16.0. The number of aromatic amines is 1. The van der Waals surface area contributed by atoms with Crippen LogP contribution >= 0.6 is 0 Å². The lowest BCUT2D eigenvalue weighted by molar-refractivity contribution is -0.351. The van der Waals surface area contributed by atoms with Crippen molar-refractivity contribution in [2.75, 3.05) is 25.5 Å². The molecule has 4 heterocycles. The molecule has 170 valence electrons. The summed E-state index contributed by atoms with van der Waals surface area (Å²) in [5.41, 5.74) is 17.9. The van der Waals surface area contributed by atoms with Gasteiger partial charge in [-0.2, -0.15) is 4.68 Å². The normalized spacial score (nSPS) is 17.0. The quantitative estimate of drug-likeness (QED) is 0.481. The molecule has 1 saturated heterocycles. The second-order valence-corrected chi connectivity index (χ2v) is 8.58. The number of nitrogen functional groups attached to an aromatic ring is 1. The van der Waals surface area contributed by atoms with Crippen molar-refractivity contribution in [2.24, 2.45) is 11.7 Å². The summed E-state index contributed by atoms with van der Waals surface area (Å²) in [6.07, 6.45) is 0.842. The van der Waals surface area contributed by atoms with Gasteiger partial charge in [-0.15, -0.1) is 9.50 Å². The van der Waals surface area contributed by atoms with Crippen molar-refractivity contribution in [1.82, 2.24) is 19.2 Å². The van der Waals surface area contributed by atoms with Gasteiger partial charge in [0.15, 0.2) is 0 Å². The van der Waals surface area contributed by atoms with Crippen molar-refractivity contribution < 1.29 is 9.72 Å². The highest BCUT2D eigenvalue weighted by Gasteiger charge is 2.32. The summed E-state index contributed by atoms with van der Waals surface area (Å²) in [4.78, 5) is 21.3. The van der Waals surface area contributed by atoms with E-state index in [1.807, 2.05) is 56.3 Å². The summed E-state index contributed by atoms with van der Waals surface area (Å²) < 4.78 is 8.47. The highest BCUT2D eigenvalue weighted by Crippen LogP contribution is 2.33. The minimum absolute atomic E-state index is 0.130. The summed E-state index contributed by atoms with van der Waals surface area (Å²) >= 11 is 0. The molecule has 2 unspecified atom stereocenters. The Labute approximate surface area is 191 Å². The molecular formula is C24H28N7O2+.